The standard InChI is InChI=1S/C16H10Cl2N2O2S/c1-9-14(23-15(20-9)12-4-2-3-7-19-12)16(21)22-13-6-5-10(17)8-11(13)18/h2-8H,1H3. The number of esters is 1. The maximum absolute atomic E-state index is 12.4. The van der Waals surface area contributed by atoms with Crippen molar-refractivity contribution >= 4 is 40.5 Å². The first-order chi connectivity index (χ1) is 11.0. The molecule has 0 aliphatic rings. The van der Waals surface area contributed by atoms with Crippen LogP contribution >= 0.6 is 34.5 Å². The Morgan fingerprint density at radius 3 is 2.74 bits per heavy atom. The highest BCUT2D eigenvalue weighted by atomic mass is 35.5. The Kier molecular flexibility index (Phi) is 4.61. The maximum Gasteiger partial charge on any atom is 0.355 e. The van der Waals surface area contributed by atoms with E-state index in [0.717, 1.165) is 0 Å². The molecule has 0 fully saturated rings. The Hall–Kier alpha value is -1.95. The van der Waals surface area contributed by atoms with Crippen molar-refractivity contribution in [1.82, 2.24) is 9.97 Å². The molecule has 0 amide bonds. The van der Waals surface area contributed by atoms with Gasteiger partial charge >= 0.3 is 5.97 Å². The van der Waals surface area contributed by atoms with Gasteiger partial charge in [0.1, 0.15) is 15.6 Å². The van der Waals surface area contributed by atoms with Crippen LogP contribution in [0.5, 0.6) is 5.75 Å². The molecule has 0 bridgehead atoms. The molecule has 0 radical (unpaired) electrons. The summed E-state index contributed by atoms with van der Waals surface area (Å²) in [4.78, 5) is 21.4. The first kappa shape index (κ1) is 15.9. The molecule has 0 atom stereocenters. The largest absolute Gasteiger partial charge is 0.421 e. The average Bonchev–Trinajstić information content (AvgIpc) is 2.93. The molecule has 7 heteroatoms. The lowest BCUT2D eigenvalue weighted by Crippen LogP contribution is -2.08. The lowest BCUT2D eigenvalue weighted by molar-refractivity contribution is 0.0739. The lowest BCUT2D eigenvalue weighted by Gasteiger charge is -2.05. The molecule has 3 aromatic rings. The summed E-state index contributed by atoms with van der Waals surface area (Å²) in [6.07, 6.45) is 1.68. The summed E-state index contributed by atoms with van der Waals surface area (Å²) in [6, 6.07) is 10.2. The number of aromatic nitrogens is 2. The van der Waals surface area contributed by atoms with Crippen LogP contribution in [0.1, 0.15) is 15.4 Å². The first-order valence-electron chi connectivity index (χ1n) is 6.60. The molecule has 0 aliphatic heterocycles. The third kappa shape index (κ3) is 3.52. The predicted octanol–water partition coefficient (Wildman–Crippen LogP) is 5.04. The van der Waals surface area contributed by atoms with Crippen molar-refractivity contribution in [1.29, 1.82) is 0 Å². The quantitative estimate of drug-likeness (QED) is 0.482. The van der Waals surface area contributed by atoms with Crippen molar-refractivity contribution in [2.75, 3.05) is 0 Å². The van der Waals surface area contributed by atoms with Crippen molar-refractivity contribution in [3.8, 4) is 16.5 Å². The topological polar surface area (TPSA) is 52.1 Å². The van der Waals surface area contributed by atoms with Gasteiger partial charge in [0.05, 0.1) is 16.4 Å². The number of carbonyl (C=O) groups is 1. The van der Waals surface area contributed by atoms with E-state index in [4.69, 9.17) is 27.9 Å². The fraction of sp³-hybridized carbons (Fsp3) is 0.0625. The third-order valence-electron chi connectivity index (χ3n) is 2.96. The zero-order valence-corrected chi connectivity index (χ0v) is 14.2. The van der Waals surface area contributed by atoms with Crippen LogP contribution < -0.4 is 4.74 Å². The number of nitrogens with zero attached hydrogens (tertiary/aromatic N) is 2. The Balaban J connectivity index is 1.87. The smallest absolute Gasteiger partial charge is 0.355 e. The summed E-state index contributed by atoms with van der Waals surface area (Å²) < 4.78 is 5.34. The summed E-state index contributed by atoms with van der Waals surface area (Å²) in [6.45, 7) is 1.75. The Morgan fingerprint density at radius 2 is 2.04 bits per heavy atom. The predicted molar refractivity (Wildman–Crippen MR) is 91.5 cm³/mol. The van der Waals surface area contributed by atoms with E-state index in [1.807, 2.05) is 18.2 Å². The normalized spacial score (nSPS) is 10.6. The van der Waals surface area contributed by atoms with Crippen LogP contribution in [0, 0.1) is 6.92 Å². The molecule has 0 saturated heterocycles. The molecule has 116 valence electrons. The number of ether oxygens (including phenoxy) is 1. The second-order valence-electron chi connectivity index (χ2n) is 4.61. The maximum atomic E-state index is 12.4. The molecule has 0 spiro atoms. The molecule has 2 aromatic heterocycles. The van der Waals surface area contributed by atoms with Gasteiger partial charge in [0.15, 0.2) is 0 Å². The summed E-state index contributed by atoms with van der Waals surface area (Å²) in [5.41, 5.74) is 1.30. The number of pyridine rings is 1. The fourth-order valence-corrected chi connectivity index (χ4v) is 3.26. The van der Waals surface area contributed by atoms with Gasteiger partial charge in [0, 0.05) is 11.2 Å². The summed E-state index contributed by atoms with van der Waals surface area (Å²) in [5.74, 6) is -0.250. The van der Waals surface area contributed by atoms with Crippen LogP contribution in [0.4, 0.5) is 0 Å². The molecule has 0 unspecified atom stereocenters. The van der Waals surface area contributed by atoms with Gasteiger partial charge in [-0.15, -0.1) is 11.3 Å². The molecule has 23 heavy (non-hydrogen) atoms. The van der Waals surface area contributed by atoms with Crippen LogP contribution in [0.2, 0.25) is 10.0 Å². The molecule has 3 rings (SSSR count). The first-order valence-corrected chi connectivity index (χ1v) is 8.18. The zero-order valence-electron chi connectivity index (χ0n) is 11.9. The van der Waals surface area contributed by atoms with Crippen molar-refractivity contribution < 1.29 is 9.53 Å². The average molecular weight is 365 g/mol. The SMILES string of the molecule is Cc1nc(-c2ccccn2)sc1C(=O)Oc1ccc(Cl)cc1Cl. The minimum Gasteiger partial charge on any atom is -0.421 e. The van der Waals surface area contributed by atoms with Crippen LogP contribution in [-0.2, 0) is 0 Å². The van der Waals surface area contributed by atoms with E-state index in [0.29, 0.717) is 26.3 Å². The second-order valence-corrected chi connectivity index (χ2v) is 6.46. The van der Waals surface area contributed by atoms with Gasteiger partial charge in [0.2, 0.25) is 0 Å². The minimum atomic E-state index is -0.508. The molecule has 2 heterocycles. The number of rotatable bonds is 3. The number of aryl methyl sites for hydroxylation is 1. The van der Waals surface area contributed by atoms with E-state index >= 15 is 0 Å². The van der Waals surface area contributed by atoms with Crippen molar-refractivity contribution in [3.05, 3.63) is 63.2 Å². The number of benzene rings is 1. The summed E-state index contributed by atoms with van der Waals surface area (Å²) in [7, 11) is 0. The molecule has 0 N–H and O–H groups in total. The van der Waals surface area contributed by atoms with Crippen molar-refractivity contribution in [3.63, 3.8) is 0 Å². The van der Waals surface area contributed by atoms with Crippen LogP contribution in [0.15, 0.2) is 42.6 Å². The van der Waals surface area contributed by atoms with Gasteiger partial charge in [-0.25, -0.2) is 9.78 Å². The van der Waals surface area contributed by atoms with Crippen molar-refractivity contribution in [2.45, 2.75) is 6.92 Å². The highest BCUT2D eigenvalue weighted by Gasteiger charge is 2.19. The number of hydrogen-bond acceptors (Lipinski definition) is 5. The van der Waals surface area contributed by atoms with Crippen LogP contribution in [-0.4, -0.2) is 15.9 Å². The number of thiazole rings is 1. The van der Waals surface area contributed by atoms with Gasteiger partial charge in [-0.3, -0.25) is 4.98 Å². The molecular formula is C16H10Cl2N2O2S. The van der Waals surface area contributed by atoms with Crippen LogP contribution in [0.3, 0.4) is 0 Å². The van der Waals surface area contributed by atoms with E-state index in [1.54, 1.807) is 25.3 Å². The Morgan fingerprint density at radius 1 is 1.22 bits per heavy atom. The van der Waals surface area contributed by atoms with Crippen LogP contribution in [0.25, 0.3) is 10.7 Å². The monoisotopic (exact) mass is 364 g/mol. The number of halogens is 2. The lowest BCUT2D eigenvalue weighted by atomic mass is 10.3. The second kappa shape index (κ2) is 6.66. The van der Waals surface area contributed by atoms with Gasteiger partial charge < -0.3 is 4.74 Å². The Labute approximate surface area is 146 Å². The van der Waals surface area contributed by atoms with Gasteiger partial charge in [-0.1, -0.05) is 29.3 Å². The van der Waals surface area contributed by atoms with E-state index in [2.05, 4.69) is 9.97 Å². The molecule has 4 nitrogen and oxygen atoms in total. The minimum absolute atomic E-state index is 0.258. The highest BCUT2D eigenvalue weighted by Crippen LogP contribution is 2.31. The fourth-order valence-electron chi connectivity index (χ4n) is 1.89. The molecule has 0 aliphatic carbocycles. The zero-order chi connectivity index (χ0) is 16.4. The van der Waals surface area contributed by atoms with Crippen molar-refractivity contribution in [2.24, 2.45) is 0 Å². The molecule has 1 aromatic carbocycles. The number of carbonyl (C=O) groups excluding carboxylic acids is 1. The van der Waals surface area contributed by atoms with E-state index in [9.17, 15) is 4.79 Å². The third-order valence-corrected chi connectivity index (χ3v) is 4.65. The van der Waals surface area contributed by atoms with E-state index < -0.39 is 5.97 Å². The van der Waals surface area contributed by atoms with Gasteiger partial charge in [-0.2, -0.15) is 0 Å². The van der Waals surface area contributed by atoms with Gasteiger partial charge in [-0.05, 0) is 37.3 Å². The molecular weight excluding hydrogens is 355 g/mol. The number of hydrogen-bond donors (Lipinski definition) is 0. The molecule has 0 saturated carbocycles. The summed E-state index contributed by atoms with van der Waals surface area (Å²) in [5, 5.41) is 1.41. The van der Waals surface area contributed by atoms with Gasteiger partial charge in [0.25, 0.3) is 0 Å². The highest BCUT2D eigenvalue weighted by molar-refractivity contribution is 7.17. The van der Waals surface area contributed by atoms with E-state index in [-0.39, 0.29) is 10.8 Å². The van der Waals surface area contributed by atoms with E-state index in [1.165, 1.54) is 17.4 Å². The summed E-state index contributed by atoms with van der Waals surface area (Å²) >= 11 is 13.1. The Bertz CT molecular complexity index is 866.